The second-order valence-corrected chi connectivity index (χ2v) is 8.62. The van der Waals surface area contributed by atoms with Crippen LogP contribution in [0.4, 0.5) is 13.9 Å². The number of anilines is 1. The summed E-state index contributed by atoms with van der Waals surface area (Å²) in [6.07, 6.45) is 0. The topological polar surface area (TPSA) is 64.1 Å². The first-order valence-electron chi connectivity index (χ1n) is 11.3. The molecule has 1 fully saturated rings. The van der Waals surface area contributed by atoms with Gasteiger partial charge >= 0.3 is 0 Å². The van der Waals surface area contributed by atoms with Crippen molar-refractivity contribution in [2.24, 2.45) is 0 Å². The molecule has 0 aliphatic carbocycles. The van der Waals surface area contributed by atoms with Gasteiger partial charge in [0.05, 0.1) is 24.5 Å². The van der Waals surface area contributed by atoms with E-state index in [1.165, 1.54) is 17.4 Å². The number of thiazole rings is 1. The summed E-state index contributed by atoms with van der Waals surface area (Å²) < 4.78 is 45.2. The number of halogens is 2. The average molecular weight is 492 g/mol. The first-order valence-corrected chi connectivity index (χ1v) is 12.1. The predicted molar refractivity (Wildman–Crippen MR) is 128 cm³/mol. The first kappa shape index (κ1) is 24.0. The molecular formula is C24H27F2N3O4S. The Morgan fingerprint density at radius 1 is 0.941 bits per heavy atom. The Balaban J connectivity index is 1.51. The van der Waals surface area contributed by atoms with Gasteiger partial charge in [0, 0.05) is 37.8 Å². The van der Waals surface area contributed by atoms with Crippen molar-refractivity contribution in [3.8, 4) is 17.2 Å². The number of fused-ring (bicyclic) bond motifs is 1. The van der Waals surface area contributed by atoms with Crippen LogP contribution in [-0.4, -0.2) is 61.8 Å². The number of aromatic nitrogens is 1. The zero-order valence-electron chi connectivity index (χ0n) is 19.4. The molecule has 1 aliphatic rings. The second-order valence-electron chi connectivity index (χ2n) is 7.61. The molecule has 0 atom stereocenters. The summed E-state index contributed by atoms with van der Waals surface area (Å²) >= 11 is 1.24. The lowest BCUT2D eigenvalue weighted by Gasteiger charge is -2.34. The van der Waals surface area contributed by atoms with E-state index in [-0.39, 0.29) is 11.4 Å². The van der Waals surface area contributed by atoms with Gasteiger partial charge in [-0.3, -0.25) is 4.79 Å². The van der Waals surface area contributed by atoms with Gasteiger partial charge in [-0.25, -0.2) is 13.8 Å². The minimum atomic E-state index is -0.669. The Morgan fingerprint density at radius 3 is 2.15 bits per heavy atom. The molecule has 0 unspecified atom stereocenters. The van der Waals surface area contributed by atoms with Crippen molar-refractivity contribution in [3.05, 3.63) is 41.5 Å². The van der Waals surface area contributed by atoms with Gasteiger partial charge in [-0.2, -0.15) is 0 Å². The number of hydrogen-bond acceptors (Lipinski definition) is 7. The highest BCUT2D eigenvalue weighted by Gasteiger charge is 2.26. The van der Waals surface area contributed by atoms with Gasteiger partial charge in [-0.1, -0.05) is 11.3 Å². The third-order valence-electron chi connectivity index (χ3n) is 5.40. The van der Waals surface area contributed by atoms with Gasteiger partial charge in [0.1, 0.15) is 11.3 Å². The van der Waals surface area contributed by atoms with E-state index in [9.17, 15) is 13.6 Å². The maximum atomic E-state index is 14.0. The molecule has 1 aromatic heterocycles. The van der Waals surface area contributed by atoms with Gasteiger partial charge in [-0.05, 0) is 39.0 Å². The third kappa shape index (κ3) is 4.86. The Bertz CT molecular complexity index is 1150. The molecule has 7 nitrogen and oxygen atoms in total. The summed E-state index contributed by atoms with van der Waals surface area (Å²) in [6.45, 7) is 8.89. The number of rotatable bonds is 8. The summed E-state index contributed by atoms with van der Waals surface area (Å²) in [5, 5.41) is 0.616. The molecule has 4 rings (SSSR count). The van der Waals surface area contributed by atoms with E-state index in [2.05, 4.69) is 4.98 Å². The second kappa shape index (κ2) is 10.4. The Hall–Kier alpha value is -3.14. The van der Waals surface area contributed by atoms with Crippen LogP contribution in [-0.2, 0) is 0 Å². The average Bonchev–Trinajstić information content (AvgIpc) is 3.25. The lowest BCUT2D eigenvalue weighted by Crippen LogP contribution is -2.48. The zero-order chi connectivity index (χ0) is 24.2. The van der Waals surface area contributed by atoms with Gasteiger partial charge in [0.2, 0.25) is 5.75 Å². The number of nitrogens with zero attached hydrogens (tertiary/aromatic N) is 3. The van der Waals surface area contributed by atoms with E-state index in [1.54, 1.807) is 17.0 Å². The fourth-order valence-corrected chi connectivity index (χ4v) is 4.93. The molecule has 2 aromatic carbocycles. The number of piperazine rings is 1. The zero-order valence-corrected chi connectivity index (χ0v) is 20.2. The fourth-order valence-electron chi connectivity index (χ4n) is 3.88. The molecule has 1 aliphatic heterocycles. The summed E-state index contributed by atoms with van der Waals surface area (Å²) in [6, 6.07) is 5.51. The minimum Gasteiger partial charge on any atom is -0.490 e. The number of ether oxygens (including phenoxy) is 3. The molecule has 2 heterocycles. The van der Waals surface area contributed by atoms with E-state index in [4.69, 9.17) is 14.2 Å². The Labute approximate surface area is 200 Å². The van der Waals surface area contributed by atoms with Crippen molar-refractivity contribution in [2.75, 3.05) is 50.9 Å². The highest BCUT2D eigenvalue weighted by Crippen LogP contribution is 2.39. The molecule has 182 valence electrons. The smallest absolute Gasteiger partial charge is 0.254 e. The molecule has 1 amide bonds. The van der Waals surface area contributed by atoms with Crippen molar-refractivity contribution >= 4 is 32.6 Å². The summed E-state index contributed by atoms with van der Waals surface area (Å²) in [7, 11) is 0. The largest absolute Gasteiger partial charge is 0.490 e. The molecule has 1 saturated heterocycles. The molecule has 10 heteroatoms. The lowest BCUT2D eigenvalue weighted by atomic mass is 10.1. The quantitative estimate of drug-likeness (QED) is 0.454. The van der Waals surface area contributed by atoms with E-state index in [0.29, 0.717) is 78.6 Å². The minimum absolute atomic E-state index is 0.137. The van der Waals surface area contributed by atoms with Crippen LogP contribution < -0.4 is 19.1 Å². The highest BCUT2D eigenvalue weighted by molar-refractivity contribution is 7.22. The number of carbonyl (C=O) groups is 1. The van der Waals surface area contributed by atoms with Gasteiger partial charge in [-0.15, -0.1) is 0 Å². The van der Waals surface area contributed by atoms with Crippen LogP contribution in [0.5, 0.6) is 17.2 Å². The lowest BCUT2D eigenvalue weighted by molar-refractivity contribution is 0.0745. The Kier molecular flexibility index (Phi) is 7.35. The van der Waals surface area contributed by atoms with Crippen molar-refractivity contribution in [1.82, 2.24) is 9.88 Å². The fraction of sp³-hybridized carbons (Fsp3) is 0.417. The number of benzene rings is 2. The summed E-state index contributed by atoms with van der Waals surface area (Å²) in [4.78, 5) is 21.4. The SMILES string of the molecule is CCOc1cc(C(=O)N2CCN(c3nc4c(F)cc(F)cc4s3)CC2)cc(OCC)c1OCC. The van der Waals surface area contributed by atoms with Crippen LogP contribution in [0.2, 0.25) is 0 Å². The van der Waals surface area contributed by atoms with E-state index >= 15 is 0 Å². The third-order valence-corrected chi connectivity index (χ3v) is 6.46. The molecule has 3 aromatic rings. The molecule has 0 spiro atoms. The van der Waals surface area contributed by atoms with Gasteiger partial charge in [0.15, 0.2) is 22.4 Å². The summed E-state index contributed by atoms with van der Waals surface area (Å²) in [5.74, 6) is 0.0111. The molecule has 0 bridgehead atoms. The van der Waals surface area contributed by atoms with Crippen LogP contribution in [0.3, 0.4) is 0 Å². The highest BCUT2D eigenvalue weighted by atomic mass is 32.1. The summed E-state index contributed by atoms with van der Waals surface area (Å²) in [5.41, 5.74) is 0.627. The van der Waals surface area contributed by atoms with Crippen LogP contribution in [0, 0.1) is 11.6 Å². The van der Waals surface area contributed by atoms with E-state index in [0.717, 1.165) is 6.07 Å². The van der Waals surface area contributed by atoms with Crippen molar-refractivity contribution in [1.29, 1.82) is 0 Å². The molecule has 0 radical (unpaired) electrons. The maximum Gasteiger partial charge on any atom is 0.254 e. The normalized spacial score (nSPS) is 13.9. The van der Waals surface area contributed by atoms with Crippen molar-refractivity contribution in [2.45, 2.75) is 20.8 Å². The van der Waals surface area contributed by atoms with Crippen LogP contribution in [0.15, 0.2) is 24.3 Å². The molecule has 34 heavy (non-hydrogen) atoms. The van der Waals surface area contributed by atoms with Crippen LogP contribution in [0.25, 0.3) is 10.2 Å². The van der Waals surface area contributed by atoms with Crippen LogP contribution >= 0.6 is 11.3 Å². The maximum absolute atomic E-state index is 14.0. The monoisotopic (exact) mass is 491 g/mol. The van der Waals surface area contributed by atoms with Crippen LogP contribution in [0.1, 0.15) is 31.1 Å². The number of hydrogen-bond donors (Lipinski definition) is 0. The molecule has 0 saturated carbocycles. The van der Waals surface area contributed by atoms with Gasteiger partial charge in [0.25, 0.3) is 5.91 Å². The Morgan fingerprint density at radius 2 is 1.56 bits per heavy atom. The number of amides is 1. The predicted octanol–water partition coefficient (Wildman–Crippen LogP) is 4.73. The van der Waals surface area contributed by atoms with Crippen molar-refractivity contribution in [3.63, 3.8) is 0 Å². The molecular weight excluding hydrogens is 464 g/mol. The standard InChI is InChI=1S/C24H27F2N3O4S/c1-4-31-18-11-15(12-19(32-5-2)22(18)33-6-3)23(30)28-7-9-29(10-8-28)24-27-21-17(26)13-16(25)14-20(21)34-24/h11-14H,4-10H2,1-3H3. The van der Waals surface area contributed by atoms with E-state index < -0.39 is 11.6 Å². The van der Waals surface area contributed by atoms with Crippen molar-refractivity contribution < 1.29 is 27.8 Å². The first-order chi connectivity index (χ1) is 16.4. The van der Waals surface area contributed by atoms with Gasteiger partial charge < -0.3 is 24.0 Å². The molecule has 0 N–H and O–H groups in total. The number of carbonyl (C=O) groups excluding carboxylic acids is 1. The van der Waals surface area contributed by atoms with E-state index in [1.807, 2.05) is 25.7 Å².